The van der Waals surface area contributed by atoms with E-state index in [1.165, 1.54) is 21.3 Å². The molecule has 0 saturated carbocycles. The van der Waals surface area contributed by atoms with E-state index >= 15 is 0 Å². The number of ether oxygens (including phenoxy) is 1. The van der Waals surface area contributed by atoms with E-state index in [4.69, 9.17) is 13.3 Å². The van der Waals surface area contributed by atoms with Gasteiger partial charge in [0.2, 0.25) is 0 Å². The Bertz CT molecular complexity index is 284. The van der Waals surface area contributed by atoms with Crippen LogP contribution in [0.3, 0.4) is 0 Å². The zero-order valence-corrected chi connectivity index (χ0v) is 11.4. The zero-order valence-electron chi connectivity index (χ0n) is 10.4. The van der Waals surface area contributed by atoms with Crippen LogP contribution in [-0.4, -0.2) is 53.0 Å². The first-order valence-electron chi connectivity index (χ1n) is 5.47. The predicted octanol–water partition coefficient (Wildman–Crippen LogP) is -0.717. The van der Waals surface area contributed by atoms with Gasteiger partial charge in [-0.3, -0.25) is 9.59 Å². The summed E-state index contributed by atoms with van der Waals surface area (Å²) in [6, 6.07) is 0.532. The van der Waals surface area contributed by atoms with Crippen LogP contribution in [0.5, 0.6) is 0 Å². The molecular formula is C10H22O6Si2. The lowest BCUT2D eigenvalue weighted by Crippen LogP contribution is -2.43. The molecule has 0 aromatic carbocycles. The molecule has 0 aromatic rings. The Morgan fingerprint density at radius 1 is 1.22 bits per heavy atom. The predicted molar refractivity (Wildman–Crippen MR) is 71.4 cm³/mol. The molecule has 8 heteroatoms. The molecule has 1 aliphatic heterocycles. The minimum absolute atomic E-state index is 0. The zero-order chi connectivity index (χ0) is 12.9. The molecule has 18 heavy (non-hydrogen) atoms. The van der Waals surface area contributed by atoms with E-state index in [0.717, 1.165) is 0 Å². The summed E-state index contributed by atoms with van der Waals surface area (Å²) in [5.74, 6) is -1.16. The van der Waals surface area contributed by atoms with E-state index in [1.54, 1.807) is 0 Å². The van der Waals surface area contributed by atoms with Crippen LogP contribution in [0.1, 0.15) is 19.3 Å². The summed E-state index contributed by atoms with van der Waals surface area (Å²) in [6.07, 6.45) is 1.37. The van der Waals surface area contributed by atoms with Crippen LogP contribution < -0.4 is 0 Å². The van der Waals surface area contributed by atoms with E-state index < -0.39 is 20.7 Å². The Balaban J connectivity index is 0.00000289. The van der Waals surface area contributed by atoms with Crippen molar-refractivity contribution in [1.29, 1.82) is 0 Å². The Labute approximate surface area is 112 Å². The van der Waals surface area contributed by atoms with Crippen molar-refractivity contribution in [3.8, 4) is 0 Å². The van der Waals surface area contributed by atoms with Crippen LogP contribution in [0.4, 0.5) is 0 Å². The van der Waals surface area contributed by atoms with Crippen molar-refractivity contribution in [2.24, 2.45) is 5.92 Å². The third kappa shape index (κ3) is 4.28. The van der Waals surface area contributed by atoms with Crippen molar-refractivity contribution in [2.45, 2.75) is 25.3 Å². The first-order chi connectivity index (χ1) is 8.06. The minimum atomic E-state index is -2.64. The smallest absolute Gasteiger partial charge is 0.393 e. The molecule has 106 valence electrons. The average Bonchev–Trinajstić information content (AvgIpc) is 2.33. The van der Waals surface area contributed by atoms with Gasteiger partial charge < -0.3 is 18.0 Å². The molecule has 1 fully saturated rings. The Kier molecular flexibility index (Phi) is 7.56. The van der Waals surface area contributed by atoms with E-state index in [2.05, 4.69) is 4.74 Å². The van der Waals surface area contributed by atoms with Crippen LogP contribution >= 0.6 is 0 Å². The summed E-state index contributed by atoms with van der Waals surface area (Å²) in [5.41, 5.74) is 0. The lowest BCUT2D eigenvalue weighted by Gasteiger charge is -2.26. The van der Waals surface area contributed by atoms with Gasteiger partial charge in [-0.15, -0.1) is 0 Å². The molecule has 0 bridgehead atoms. The molecule has 1 unspecified atom stereocenters. The Hall–Kier alpha value is -0.546. The van der Waals surface area contributed by atoms with E-state index in [-0.39, 0.29) is 23.3 Å². The highest BCUT2D eigenvalue weighted by Gasteiger charge is 2.40. The summed E-state index contributed by atoms with van der Waals surface area (Å²) in [7, 11) is 1.95. The van der Waals surface area contributed by atoms with Crippen LogP contribution in [0, 0.1) is 5.92 Å². The SMILES string of the molecule is CO[Si](CCC1CCC(=O)OC1=O)(OC)OC.[SiH4]. The van der Waals surface area contributed by atoms with Gasteiger partial charge in [-0.05, 0) is 23.8 Å². The number of carbonyl (C=O) groups excluding carboxylic acids is 2. The molecule has 0 amide bonds. The van der Waals surface area contributed by atoms with Gasteiger partial charge in [-0.2, -0.15) is 0 Å². The topological polar surface area (TPSA) is 71.1 Å². The van der Waals surface area contributed by atoms with Crippen LogP contribution in [0.15, 0.2) is 0 Å². The first-order valence-corrected chi connectivity index (χ1v) is 7.40. The maximum absolute atomic E-state index is 11.4. The highest BCUT2D eigenvalue weighted by Crippen LogP contribution is 2.25. The van der Waals surface area contributed by atoms with Gasteiger partial charge in [0, 0.05) is 33.8 Å². The van der Waals surface area contributed by atoms with Crippen LogP contribution in [0.25, 0.3) is 0 Å². The molecule has 0 aliphatic carbocycles. The van der Waals surface area contributed by atoms with Crippen LogP contribution in [-0.2, 0) is 27.6 Å². The number of hydrogen-bond donors (Lipinski definition) is 0. The molecule has 6 nitrogen and oxygen atoms in total. The monoisotopic (exact) mass is 294 g/mol. The van der Waals surface area contributed by atoms with Crippen molar-refractivity contribution < 1.29 is 27.6 Å². The maximum atomic E-state index is 11.4. The maximum Gasteiger partial charge on any atom is 0.500 e. The van der Waals surface area contributed by atoms with Gasteiger partial charge in [-0.1, -0.05) is 0 Å². The van der Waals surface area contributed by atoms with Crippen LogP contribution in [0.2, 0.25) is 6.04 Å². The van der Waals surface area contributed by atoms with Gasteiger partial charge >= 0.3 is 20.7 Å². The minimum Gasteiger partial charge on any atom is -0.393 e. The largest absolute Gasteiger partial charge is 0.500 e. The Morgan fingerprint density at radius 3 is 2.22 bits per heavy atom. The summed E-state index contributed by atoms with van der Waals surface area (Å²) in [4.78, 5) is 22.3. The number of rotatable bonds is 6. The molecule has 0 N–H and O–H groups in total. The van der Waals surface area contributed by atoms with Gasteiger partial charge in [0.05, 0.1) is 5.92 Å². The number of hydrogen-bond acceptors (Lipinski definition) is 6. The van der Waals surface area contributed by atoms with Crippen molar-refractivity contribution in [1.82, 2.24) is 0 Å². The molecule has 0 aromatic heterocycles. The van der Waals surface area contributed by atoms with Crippen molar-refractivity contribution in [3.63, 3.8) is 0 Å². The second-order valence-corrected chi connectivity index (χ2v) is 6.95. The molecule has 0 radical (unpaired) electrons. The number of esters is 2. The van der Waals surface area contributed by atoms with E-state index in [0.29, 0.717) is 18.9 Å². The van der Waals surface area contributed by atoms with Crippen molar-refractivity contribution in [3.05, 3.63) is 0 Å². The van der Waals surface area contributed by atoms with Crippen molar-refractivity contribution >= 4 is 31.7 Å². The van der Waals surface area contributed by atoms with Crippen molar-refractivity contribution in [2.75, 3.05) is 21.3 Å². The number of carbonyl (C=O) groups is 2. The molecule has 1 heterocycles. The summed E-state index contributed by atoms with van der Waals surface area (Å²) < 4.78 is 20.4. The quantitative estimate of drug-likeness (QED) is 0.366. The molecule has 1 atom stereocenters. The molecular weight excluding hydrogens is 272 g/mol. The highest BCUT2D eigenvalue weighted by molar-refractivity contribution is 6.60. The van der Waals surface area contributed by atoms with Gasteiger partial charge in [-0.25, -0.2) is 0 Å². The van der Waals surface area contributed by atoms with Gasteiger partial charge in [0.25, 0.3) is 0 Å². The average molecular weight is 294 g/mol. The molecule has 1 saturated heterocycles. The third-order valence-corrected chi connectivity index (χ3v) is 5.74. The summed E-state index contributed by atoms with van der Waals surface area (Å²) >= 11 is 0. The third-order valence-electron chi connectivity index (χ3n) is 2.98. The second-order valence-electron chi connectivity index (χ2n) is 3.86. The fourth-order valence-corrected chi connectivity index (χ4v) is 3.64. The molecule has 0 spiro atoms. The molecule has 1 aliphatic rings. The Morgan fingerprint density at radius 2 is 1.78 bits per heavy atom. The first kappa shape index (κ1) is 17.5. The van der Waals surface area contributed by atoms with E-state index in [9.17, 15) is 9.59 Å². The van der Waals surface area contributed by atoms with Gasteiger partial charge in [0.15, 0.2) is 0 Å². The fraction of sp³-hybridized carbons (Fsp3) is 0.800. The normalized spacial score (nSPS) is 20.3. The molecule has 1 rings (SSSR count). The lowest BCUT2D eigenvalue weighted by atomic mass is 9.98. The fourth-order valence-electron chi connectivity index (χ4n) is 1.83. The summed E-state index contributed by atoms with van der Waals surface area (Å²) in [6.45, 7) is 0. The second kappa shape index (κ2) is 7.79. The van der Waals surface area contributed by atoms with Gasteiger partial charge in [0.1, 0.15) is 0 Å². The number of cyclic esters (lactones) is 2. The summed E-state index contributed by atoms with van der Waals surface area (Å²) in [5, 5.41) is 0. The lowest BCUT2D eigenvalue weighted by molar-refractivity contribution is -0.167. The van der Waals surface area contributed by atoms with E-state index in [1.807, 2.05) is 0 Å². The standard InChI is InChI=1S/C10H18O6Si.H4Si/c1-13-17(14-2,15-3)7-6-8-4-5-9(11)16-10(8)12;/h8H,4-7H2,1-3H3;1H4. The highest BCUT2D eigenvalue weighted by atomic mass is 28.4.